The summed E-state index contributed by atoms with van der Waals surface area (Å²) < 4.78 is 12.9. The topological polar surface area (TPSA) is 27.0 Å². The molecule has 0 N–H and O–H groups in total. The number of rotatable bonds is 4. The van der Waals surface area contributed by atoms with Gasteiger partial charge >= 0.3 is 0 Å². The minimum atomic E-state index is -0.239. The van der Waals surface area contributed by atoms with Gasteiger partial charge in [0.05, 0.1) is 11.6 Å². The van der Waals surface area contributed by atoms with Crippen LogP contribution in [0.1, 0.15) is 18.1 Å². The van der Waals surface area contributed by atoms with E-state index >= 15 is 0 Å². The highest BCUT2D eigenvalue weighted by atomic mass is 19.1. The van der Waals surface area contributed by atoms with Crippen molar-refractivity contribution in [2.45, 2.75) is 13.5 Å². The van der Waals surface area contributed by atoms with E-state index in [4.69, 9.17) is 5.26 Å². The van der Waals surface area contributed by atoms with E-state index in [1.807, 2.05) is 31.2 Å². The van der Waals surface area contributed by atoms with Gasteiger partial charge in [-0.3, -0.25) is 0 Å². The van der Waals surface area contributed by atoms with Crippen molar-refractivity contribution < 1.29 is 4.39 Å². The highest BCUT2D eigenvalue weighted by Crippen LogP contribution is 2.19. The zero-order valence-corrected chi connectivity index (χ0v) is 10.8. The molecule has 19 heavy (non-hydrogen) atoms. The van der Waals surface area contributed by atoms with Crippen molar-refractivity contribution in [1.82, 2.24) is 0 Å². The van der Waals surface area contributed by atoms with E-state index in [2.05, 4.69) is 11.0 Å². The van der Waals surface area contributed by atoms with Gasteiger partial charge in [0, 0.05) is 18.8 Å². The third kappa shape index (κ3) is 3.11. The van der Waals surface area contributed by atoms with Gasteiger partial charge < -0.3 is 4.90 Å². The third-order valence-corrected chi connectivity index (χ3v) is 3.07. The summed E-state index contributed by atoms with van der Waals surface area (Å²) >= 11 is 0. The average Bonchev–Trinajstić information content (AvgIpc) is 2.46. The number of anilines is 1. The predicted octanol–water partition coefficient (Wildman–Crippen LogP) is 3.72. The van der Waals surface area contributed by atoms with Crippen molar-refractivity contribution >= 4 is 5.69 Å². The maximum atomic E-state index is 12.9. The molecule has 2 rings (SSSR count). The molecule has 2 nitrogen and oxygen atoms in total. The zero-order valence-electron chi connectivity index (χ0n) is 10.8. The standard InChI is InChI=1S/C16H15FN2/c1-2-19(16-9-7-15(17)8-10-16)12-14-6-4-3-5-13(14)11-18/h3-10H,2,12H2,1H3. The first-order chi connectivity index (χ1) is 9.24. The van der Waals surface area contributed by atoms with Gasteiger partial charge in [0.1, 0.15) is 5.82 Å². The number of nitrogens with zero attached hydrogens (tertiary/aromatic N) is 2. The Kier molecular flexibility index (Phi) is 4.15. The number of benzene rings is 2. The van der Waals surface area contributed by atoms with Gasteiger partial charge in [-0.25, -0.2) is 4.39 Å². The van der Waals surface area contributed by atoms with E-state index in [1.165, 1.54) is 12.1 Å². The van der Waals surface area contributed by atoms with Crippen molar-refractivity contribution in [3.05, 3.63) is 65.5 Å². The van der Waals surface area contributed by atoms with Crippen LogP contribution < -0.4 is 4.90 Å². The Morgan fingerprint density at radius 1 is 1.11 bits per heavy atom. The van der Waals surface area contributed by atoms with Crippen LogP contribution in [0.25, 0.3) is 0 Å². The Morgan fingerprint density at radius 2 is 1.79 bits per heavy atom. The monoisotopic (exact) mass is 254 g/mol. The van der Waals surface area contributed by atoms with Gasteiger partial charge in [-0.15, -0.1) is 0 Å². The lowest BCUT2D eigenvalue weighted by molar-refractivity contribution is 0.627. The van der Waals surface area contributed by atoms with Crippen molar-refractivity contribution in [3.63, 3.8) is 0 Å². The number of halogens is 1. The average molecular weight is 254 g/mol. The summed E-state index contributed by atoms with van der Waals surface area (Å²) in [7, 11) is 0. The normalized spacial score (nSPS) is 9.95. The molecule has 96 valence electrons. The van der Waals surface area contributed by atoms with Crippen LogP contribution in [-0.2, 0) is 6.54 Å². The van der Waals surface area contributed by atoms with Crippen LogP contribution in [0.4, 0.5) is 10.1 Å². The fourth-order valence-corrected chi connectivity index (χ4v) is 2.01. The Morgan fingerprint density at radius 3 is 2.42 bits per heavy atom. The summed E-state index contributed by atoms with van der Waals surface area (Å²) in [5.41, 5.74) is 2.62. The van der Waals surface area contributed by atoms with E-state index in [0.717, 1.165) is 17.8 Å². The van der Waals surface area contributed by atoms with E-state index in [-0.39, 0.29) is 5.82 Å². The van der Waals surface area contributed by atoms with Crippen molar-refractivity contribution in [2.75, 3.05) is 11.4 Å². The van der Waals surface area contributed by atoms with E-state index in [1.54, 1.807) is 12.1 Å². The summed E-state index contributed by atoms with van der Waals surface area (Å²) in [5.74, 6) is -0.239. The van der Waals surface area contributed by atoms with Crippen LogP contribution in [0.5, 0.6) is 0 Å². The van der Waals surface area contributed by atoms with Crippen LogP contribution in [0.3, 0.4) is 0 Å². The van der Waals surface area contributed by atoms with Crippen molar-refractivity contribution in [3.8, 4) is 6.07 Å². The fourth-order valence-electron chi connectivity index (χ4n) is 2.01. The minimum absolute atomic E-state index is 0.239. The van der Waals surface area contributed by atoms with Gasteiger partial charge in [0.15, 0.2) is 0 Å². The van der Waals surface area contributed by atoms with E-state index in [0.29, 0.717) is 12.1 Å². The molecule has 0 spiro atoms. The lowest BCUT2D eigenvalue weighted by Gasteiger charge is -2.23. The Hall–Kier alpha value is -2.34. The van der Waals surface area contributed by atoms with Gasteiger partial charge in [-0.2, -0.15) is 5.26 Å². The Balaban J connectivity index is 2.24. The third-order valence-electron chi connectivity index (χ3n) is 3.07. The maximum Gasteiger partial charge on any atom is 0.123 e. The summed E-state index contributed by atoms with van der Waals surface area (Å²) in [6, 6.07) is 16.2. The number of hydrogen-bond donors (Lipinski definition) is 0. The number of nitriles is 1. The molecular formula is C16H15FN2. The maximum absolute atomic E-state index is 12.9. The van der Waals surface area contributed by atoms with Crippen LogP contribution >= 0.6 is 0 Å². The first kappa shape index (κ1) is 13.1. The second kappa shape index (κ2) is 6.01. The molecule has 0 aliphatic heterocycles. The first-order valence-electron chi connectivity index (χ1n) is 6.23. The van der Waals surface area contributed by atoms with Crippen LogP contribution in [-0.4, -0.2) is 6.54 Å². The smallest absolute Gasteiger partial charge is 0.123 e. The van der Waals surface area contributed by atoms with Gasteiger partial charge in [-0.1, -0.05) is 18.2 Å². The van der Waals surface area contributed by atoms with Crippen LogP contribution in [0.2, 0.25) is 0 Å². The Bertz CT molecular complexity index is 584. The molecule has 0 heterocycles. The minimum Gasteiger partial charge on any atom is -0.367 e. The van der Waals surface area contributed by atoms with Gasteiger partial charge in [0.25, 0.3) is 0 Å². The van der Waals surface area contributed by atoms with Gasteiger partial charge in [0.2, 0.25) is 0 Å². The summed E-state index contributed by atoms with van der Waals surface area (Å²) in [6.45, 7) is 3.48. The fraction of sp³-hybridized carbons (Fsp3) is 0.188. The predicted molar refractivity (Wildman–Crippen MR) is 74.3 cm³/mol. The zero-order chi connectivity index (χ0) is 13.7. The lowest BCUT2D eigenvalue weighted by atomic mass is 10.1. The van der Waals surface area contributed by atoms with E-state index in [9.17, 15) is 4.39 Å². The molecule has 3 heteroatoms. The Labute approximate surface area is 112 Å². The second-order valence-corrected chi connectivity index (χ2v) is 4.26. The first-order valence-corrected chi connectivity index (χ1v) is 6.23. The number of hydrogen-bond acceptors (Lipinski definition) is 2. The summed E-state index contributed by atoms with van der Waals surface area (Å²) in [4.78, 5) is 2.11. The summed E-state index contributed by atoms with van der Waals surface area (Å²) in [5, 5.41) is 9.09. The molecule has 0 saturated carbocycles. The molecule has 2 aromatic rings. The largest absolute Gasteiger partial charge is 0.367 e. The highest BCUT2D eigenvalue weighted by molar-refractivity contribution is 5.48. The van der Waals surface area contributed by atoms with Crippen molar-refractivity contribution in [2.24, 2.45) is 0 Å². The quantitative estimate of drug-likeness (QED) is 0.831. The molecule has 0 aliphatic rings. The molecule has 2 aromatic carbocycles. The van der Waals surface area contributed by atoms with Crippen LogP contribution in [0.15, 0.2) is 48.5 Å². The van der Waals surface area contributed by atoms with Crippen LogP contribution in [0, 0.1) is 17.1 Å². The molecule has 0 atom stereocenters. The molecule has 0 fully saturated rings. The second-order valence-electron chi connectivity index (χ2n) is 4.26. The molecule has 0 bridgehead atoms. The molecule has 0 saturated heterocycles. The highest BCUT2D eigenvalue weighted by Gasteiger charge is 2.08. The molecule has 0 aromatic heterocycles. The SMILES string of the molecule is CCN(Cc1ccccc1C#N)c1ccc(F)cc1. The molecule has 0 aliphatic carbocycles. The van der Waals surface area contributed by atoms with E-state index < -0.39 is 0 Å². The van der Waals surface area contributed by atoms with Crippen molar-refractivity contribution in [1.29, 1.82) is 5.26 Å². The molecule has 0 unspecified atom stereocenters. The molecule has 0 amide bonds. The lowest BCUT2D eigenvalue weighted by Crippen LogP contribution is -2.22. The molecular weight excluding hydrogens is 239 g/mol. The van der Waals surface area contributed by atoms with Gasteiger partial charge in [-0.05, 0) is 42.8 Å². The summed E-state index contributed by atoms with van der Waals surface area (Å²) in [6.07, 6.45) is 0. The molecule has 0 radical (unpaired) electrons.